The maximum Gasteiger partial charge on any atom is 0.00970 e. The Balaban J connectivity index is 2.02. The predicted molar refractivity (Wildman–Crippen MR) is 67.2 cm³/mol. The van der Waals surface area contributed by atoms with Gasteiger partial charge in [0.1, 0.15) is 0 Å². The summed E-state index contributed by atoms with van der Waals surface area (Å²) in [5.41, 5.74) is 0.905. The number of hydrogen-bond acceptors (Lipinski definition) is 2. The van der Waals surface area contributed by atoms with Crippen LogP contribution >= 0.6 is 0 Å². The summed E-state index contributed by atoms with van der Waals surface area (Å²) >= 11 is 0. The van der Waals surface area contributed by atoms with Crippen molar-refractivity contribution in [1.29, 1.82) is 0 Å². The van der Waals surface area contributed by atoms with E-state index >= 15 is 0 Å². The third-order valence-corrected chi connectivity index (χ3v) is 3.62. The Morgan fingerprint density at radius 3 is 2.20 bits per heavy atom. The Bertz CT molecular complexity index is 172. The molecule has 0 amide bonds. The molecule has 1 aliphatic rings. The molecule has 90 valence electrons. The minimum absolute atomic E-state index is 0.251. The van der Waals surface area contributed by atoms with Crippen molar-refractivity contribution in [2.24, 2.45) is 5.41 Å². The van der Waals surface area contributed by atoms with Crippen LogP contribution in [-0.4, -0.2) is 25.2 Å². The van der Waals surface area contributed by atoms with Gasteiger partial charge in [-0.2, -0.15) is 0 Å². The molecule has 2 N–H and O–H groups in total. The fourth-order valence-electron chi connectivity index (χ4n) is 2.21. The molecule has 0 unspecified atom stereocenters. The molecule has 0 aromatic carbocycles. The Kier molecular flexibility index (Phi) is 4.60. The lowest BCUT2D eigenvalue weighted by Gasteiger charge is -2.41. The zero-order chi connectivity index (χ0) is 11.4. The minimum atomic E-state index is 0.251. The first-order valence-electron chi connectivity index (χ1n) is 6.43. The first-order chi connectivity index (χ1) is 6.97. The van der Waals surface area contributed by atoms with Gasteiger partial charge in [-0.1, -0.05) is 13.3 Å². The first kappa shape index (κ1) is 13.0. The third-order valence-electron chi connectivity index (χ3n) is 3.62. The molecule has 1 rings (SSSR count). The summed E-state index contributed by atoms with van der Waals surface area (Å²) in [6, 6.07) is 0. The van der Waals surface area contributed by atoms with Gasteiger partial charge in [0, 0.05) is 25.2 Å². The van der Waals surface area contributed by atoms with E-state index < -0.39 is 0 Å². The normalized spacial score (nSPS) is 20.0. The van der Waals surface area contributed by atoms with E-state index in [0.29, 0.717) is 5.41 Å². The van der Waals surface area contributed by atoms with Crippen LogP contribution in [-0.2, 0) is 0 Å². The number of hydrogen-bond donors (Lipinski definition) is 2. The summed E-state index contributed by atoms with van der Waals surface area (Å²) in [5.74, 6) is 0. The molecule has 0 atom stereocenters. The second kappa shape index (κ2) is 5.31. The fraction of sp³-hybridized carbons (Fsp3) is 1.00. The smallest absolute Gasteiger partial charge is 0.00970 e. The highest BCUT2D eigenvalue weighted by molar-refractivity contribution is 4.88. The molecule has 1 aliphatic carbocycles. The molecular formula is C13H28N2. The average Bonchev–Trinajstić information content (AvgIpc) is 2.06. The van der Waals surface area contributed by atoms with Crippen LogP contribution in [0.15, 0.2) is 0 Å². The lowest BCUT2D eigenvalue weighted by atomic mass is 9.67. The van der Waals surface area contributed by atoms with Crippen LogP contribution < -0.4 is 10.6 Å². The van der Waals surface area contributed by atoms with Crippen LogP contribution in [0.2, 0.25) is 0 Å². The fourth-order valence-corrected chi connectivity index (χ4v) is 2.21. The molecule has 1 fully saturated rings. The number of rotatable bonds is 6. The largest absolute Gasteiger partial charge is 0.315 e. The highest BCUT2D eigenvalue weighted by Crippen LogP contribution is 2.42. The van der Waals surface area contributed by atoms with Gasteiger partial charge < -0.3 is 10.6 Å². The molecule has 0 aromatic rings. The second-order valence-electron chi connectivity index (χ2n) is 6.06. The van der Waals surface area contributed by atoms with E-state index in [1.165, 1.54) is 32.2 Å². The number of nitrogens with one attached hydrogen (secondary N) is 2. The van der Waals surface area contributed by atoms with Crippen molar-refractivity contribution < 1.29 is 0 Å². The van der Waals surface area contributed by atoms with Crippen LogP contribution in [0.5, 0.6) is 0 Å². The van der Waals surface area contributed by atoms with Gasteiger partial charge in [-0.15, -0.1) is 0 Å². The molecule has 0 aromatic heterocycles. The SMILES string of the molecule is CCC1(CNCCNC(C)(C)C)CCC1. The van der Waals surface area contributed by atoms with Crippen LogP contribution in [0.25, 0.3) is 0 Å². The maximum atomic E-state index is 3.59. The van der Waals surface area contributed by atoms with E-state index in [1.54, 1.807) is 0 Å². The average molecular weight is 212 g/mol. The van der Waals surface area contributed by atoms with Crippen molar-refractivity contribution >= 4 is 0 Å². The van der Waals surface area contributed by atoms with Crippen LogP contribution in [0.3, 0.4) is 0 Å². The van der Waals surface area contributed by atoms with E-state index in [9.17, 15) is 0 Å². The van der Waals surface area contributed by atoms with Gasteiger partial charge >= 0.3 is 0 Å². The highest BCUT2D eigenvalue weighted by atomic mass is 15.0. The Morgan fingerprint density at radius 2 is 1.80 bits per heavy atom. The summed E-state index contributed by atoms with van der Waals surface area (Å²) in [7, 11) is 0. The molecule has 0 saturated heterocycles. The summed E-state index contributed by atoms with van der Waals surface area (Å²) in [6.45, 7) is 12.4. The molecule has 0 radical (unpaired) electrons. The van der Waals surface area contributed by atoms with E-state index in [-0.39, 0.29) is 5.54 Å². The van der Waals surface area contributed by atoms with Gasteiger partial charge in [-0.25, -0.2) is 0 Å². The van der Waals surface area contributed by atoms with Crippen LogP contribution in [0.1, 0.15) is 53.4 Å². The van der Waals surface area contributed by atoms with Crippen molar-refractivity contribution in [1.82, 2.24) is 10.6 Å². The van der Waals surface area contributed by atoms with Gasteiger partial charge in [-0.3, -0.25) is 0 Å². The second-order valence-corrected chi connectivity index (χ2v) is 6.06. The van der Waals surface area contributed by atoms with Crippen molar-refractivity contribution in [2.45, 2.75) is 58.9 Å². The Hall–Kier alpha value is -0.0800. The zero-order valence-electron chi connectivity index (χ0n) is 10.9. The van der Waals surface area contributed by atoms with Crippen molar-refractivity contribution in [3.05, 3.63) is 0 Å². The molecule has 2 heteroatoms. The topological polar surface area (TPSA) is 24.1 Å². The van der Waals surface area contributed by atoms with E-state index in [2.05, 4.69) is 38.3 Å². The molecular weight excluding hydrogens is 184 g/mol. The molecule has 1 saturated carbocycles. The minimum Gasteiger partial charge on any atom is -0.315 e. The summed E-state index contributed by atoms with van der Waals surface area (Å²) in [5, 5.41) is 7.09. The predicted octanol–water partition coefficient (Wildman–Crippen LogP) is 2.54. The summed E-state index contributed by atoms with van der Waals surface area (Å²) in [6.07, 6.45) is 5.65. The maximum absolute atomic E-state index is 3.59. The monoisotopic (exact) mass is 212 g/mol. The van der Waals surface area contributed by atoms with Crippen molar-refractivity contribution in [3.63, 3.8) is 0 Å². The Labute approximate surface area is 95.2 Å². The molecule has 0 aliphatic heterocycles. The van der Waals surface area contributed by atoms with E-state index in [0.717, 1.165) is 13.1 Å². The van der Waals surface area contributed by atoms with Gasteiger partial charge in [0.05, 0.1) is 0 Å². The zero-order valence-corrected chi connectivity index (χ0v) is 10.9. The summed E-state index contributed by atoms with van der Waals surface area (Å²) in [4.78, 5) is 0. The van der Waals surface area contributed by atoms with Gasteiger partial charge in [0.15, 0.2) is 0 Å². The lowest BCUT2D eigenvalue weighted by Crippen LogP contribution is -2.44. The third kappa shape index (κ3) is 4.52. The molecule has 2 nitrogen and oxygen atoms in total. The van der Waals surface area contributed by atoms with Crippen LogP contribution in [0.4, 0.5) is 0 Å². The van der Waals surface area contributed by atoms with Crippen molar-refractivity contribution in [3.8, 4) is 0 Å². The quantitative estimate of drug-likeness (QED) is 0.661. The van der Waals surface area contributed by atoms with Gasteiger partial charge in [-0.05, 0) is 45.4 Å². The lowest BCUT2D eigenvalue weighted by molar-refractivity contribution is 0.124. The van der Waals surface area contributed by atoms with Gasteiger partial charge in [0.25, 0.3) is 0 Å². The van der Waals surface area contributed by atoms with E-state index in [4.69, 9.17) is 0 Å². The van der Waals surface area contributed by atoms with Crippen LogP contribution in [0, 0.1) is 5.41 Å². The van der Waals surface area contributed by atoms with E-state index in [1.807, 2.05) is 0 Å². The molecule has 15 heavy (non-hydrogen) atoms. The highest BCUT2D eigenvalue weighted by Gasteiger charge is 2.34. The van der Waals surface area contributed by atoms with Crippen molar-refractivity contribution in [2.75, 3.05) is 19.6 Å². The van der Waals surface area contributed by atoms with Gasteiger partial charge in [0.2, 0.25) is 0 Å². The Morgan fingerprint density at radius 1 is 1.13 bits per heavy atom. The summed E-state index contributed by atoms with van der Waals surface area (Å²) < 4.78 is 0. The standard InChI is InChI=1S/C13H28N2/c1-5-13(7-6-8-13)11-14-9-10-15-12(2,3)4/h14-15H,5-11H2,1-4H3. The molecule has 0 spiro atoms. The molecule has 0 heterocycles. The molecule has 0 bridgehead atoms. The first-order valence-corrected chi connectivity index (χ1v) is 6.43.